The summed E-state index contributed by atoms with van der Waals surface area (Å²) in [5.41, 5.74) is 1.11. The summed E-state index contributed by atoms with van der Waals surface area (Å²) in [7, 11) is 1.66. The average molecular weight is 162 g/mol. The lowest BCUT2D eigenvalue weighted by atomic mass is 10.2. The molecule has 1 rings (SSSR count). The Bertz CT molecular complexity index is 223. The van der Waals surface area contributed by atoms with Crippen LogP contribution in [0.2, 0.25) is 0 Å². The molecule has 0 amide bonds. The van der Waals surface area contributed by atoms with Crippen molar-refractivity contribution < 1.29 is 4.74 Å². The van der Waals surface area contributed by atoms with E-state index >= 15 is 0 Å². The van der Waals surface area contributed by atoms with Crippen LogP contribution in [0.25, 0.3) is 6.08 Å². The smallest absolute Gasteiger partial charge is 0.118 e. The minimum atomic E-state index is 0.880. The number of hydrogen-bond donors (Lipinski definition) is 0. The summed E-state index contributed by atoms with van der Waals surface area (Å²) in [6.07, 6.45) is 1.80. The molecule has 12 heavy (non-hydrogen) atoms. The lowest BCUT2D eigenvalue weighted by Gasteiger charge is -1.97. The van der Waals surface area contributed by atoms with Crippen LogP contribution in [0.4, 0.5) is 0 Å². The van der Waals surface area contributed by atoms with Gasteiger partial charge in [0.2, 0.25) is 0 Å². The van der Waals surface area contributed by atoms with Gasteiger partial charge >= 0.3 is 0 Å². The molecule has 0 spiro atoms. The van der Waals surface area contributed by atoms with Crippen molar-refractivity contribution in [2.75, 3.05) is 7.11 Å². The van der Waals surface area contributed by atoms with E-state index in [1.54, 1.807) is 13.2 Å². The Morgan fingerprint density at radius 2 is 1.67 bits per heavy atom. The van der Waals surface area contributed by atoms with Gasteiger partial charge in [-0.1, -0.05) is 24.8 Å². The molecule has 1 aromatic carbocycles. The van der Waals surface area contributed by atoms with Crippen molar-refractivity contribution in [2.24, 2.45) is 0 Å². The molecule has 0 aliphatic carbocycles. The van der Waals surface area contributed by atoms with Crippen LogP contribution in [0.15, 0.2) is 44.0 Å². The Morgan fingerprint density at radius 3 is 2.00 bits per heavy atom. The monoisotopic (exact) mass is 162 g/mol. The zero-order valence-corrected chi connectivity index (χ0v) is 7.42. The molecular weight excluding hydrogens is 148 g/mol. The van der Waals surface area contributed by atoms with Gasteiger partial charge in [-0.3, -0.25) is 0 Å². The van der Waals surface area contributed by atoms with Crippen LogP contribution >= 0.6 is 0 Å². The highest BCUT2D eigenvalue weighted by atomic mass is 16.5. The summed E-state index contributed by atoms with van der Waals surface area (Å²) < 4.78 is 4.98. The molecule has 0 heterocycles. The third-order valence-electron chi connectivity index (χ3n) is 1.35. The van der Waals surface area contributed by atoms with Gasteiger partial charge in [-0.05, 0) is 17.7 Å². The van der Waals surface area contributed by atoms with Crippen LogP contribution in [-0.4, -0.2) is 7.11 Å². The Balaban J connectivity index is 0.000000561. The molecule has 0 aromatic heterocycles. The van der Waals surface area contributed by atoms with E-state index in [0.29, 0.717) is 0 Å². The van der Waals surface area contributed by atoms with Crippen molar-refractivity contribution in [3.63, 3.8) is 0 Å². The minimum Gasteiger partial charge on any atom is -0.497 e. The summed E-state index contributed by atoms with van der Waals surface area (Å²) in [5.74, 6) is 0.880. The first-order chi connectivity index (χ1) is 5.86. The molecule has 0 atom stereocenters. The van der Waals surface area contributed by atoms with E-state index in [4.69, 9.17) is 4.74 Å². The van der Waals surface area contributed by atoms with Crippen molar-refractivity contribution in [3.05, 3.63) is 49.6 Å². The predicted octanol–water partition coefficient (Wildman–Crippen LogP) is 3.14. The second kappa shape index (κ2) is 6.23. The van der Waals surface area contributed by atoms with Crippen LogP contribution in [0.5, 0.6) is 5.75 Å². The molecule has 1 nitrogen and oxygen atoms in total. The molecule has 0 fully saturated rings. The summed E-state index contributed by atoms with van der Waals surface area (Å²) >= 11 is 0. The fourth-order valence-electron chi connectivity index (χ4n) is 0.740. The predicted molar refractivity (Wildman–Crippen MR) is 54.3 cm³/mol. The van der Waals surface area contributed by atoms with Gasteiger partial charge in [-0.15, -0.1) is 13.2 Å². The first-order valence-electron chi connectivity index (χ1n) is 3.63. The molecule has 0 unspecified atom stereocenters. The van der Waals surface area contributed by atoms with E-state index in [9.17, 15) is 0 Å². The zero-order valence-electron chi connectivity index (χ0n) is 7.42. The van der Waals surface area contributed by atoms with Crippen LogP contribution in [0, 0.1) is 0 Å². The Kier molecular flexibility index (Phi) is 5.45. The van der Waals surface area contributed by atoms with Gasteiger partial charge in [-0.25, -0.2) is 0 Å². The van der Waals surface area contributed by atoms with Gasteiger partial charge < -0.3 is 4.74 Å². The second-order valence-corrected chi connectivity index (χ2v) is 1.98. The van der Waals surface area contributed by atoms with Crippen LogP contribution in [0.1, 0.15) is 5.56 Å². The van der Waals surface area contributed by atoms with Gasteiger partial charge in [0.05, 0.1) is 7.11 Å². The fourth-order valence-corrected chi connectivity index (χ4v) is 0.740. The van der Waals surface area contributed by atoms with Gasteiger partial charge in [-0.2, -0.15) is 0 Å². The lowest BCUT2D eigenvalue weighted by molar-refractivity contribution is 0.415. The van der Waals surface area contributed by atoms with E-state index in [1.807, 2.05) is 24.3 Å². The molecule has 0 aliphatic heterocycles. The quantitative estimate of drug-likeness (QED) is 0.607. The maximum atomic E-state index is 4.98. The lowest BCUT2D eigenvalue weighted by Crippen LogP contribution is -1.80. The van der Waals surface area contributed by atoms with E-state index in [0.717, 1.165) is 11.3 Å². The highest BCUT2D eigenvalue weighted by Crippen LogP contribution is 2.11. The van der Waals surface area contributed by atoms with E-state index < -0.39 is 0 Å². The number of ether oxygens (including phenoxy) is 1. The van der Waals surface area contributed by atoms with Gasteiger partial charge in [0.1, 0.15) is 5.75 Å². The first kappa shape index (κ1) is 10.5. The maximum absolute atomic E-state index is 4.98. The van der Waals surface area contributed by atoms with Gasteiger partial charge in [0.25, 0.3) is 0 Å². The van der Waals surface area contributed by atoms with Gasteiger partial charge in [0.15, 0.2) is 0 Å². The first-order valence-corrected chi connectivity index (χ1v) is 3.63. The number of rotatable bonds is 2. The Hall–Kier alpha value is -1.50. The molecule has 64 valence electrons. The highest BCUT2D eigenvalue weighted by molar-refractivity contribution is 5.48. The second-order valence-electron chi connectivity index (χ2n) is 1.98. The highest BCUT2D eigenvalue weighted by Gasteiger charge is 1.87. The molecule has 0 saturated carbocycles. The van der Waals surface area contributed by atoms with Gasteiger partial charge in [0, 0.05) is 0 Å². The minimum absolute atomic E-state index is 0.880. The molecule has 0 N–H and O–H groups in total. The summed E-state index contributed by atoms with van der Waals surface area (Å²) in [6, 6.07) is 7.76. The molecule has 0 bridgehead atoms. The van der Waals surface area contributed by atoms with Crippen molar-refractivity contribution in [1.82, 2.24) is 0 Å². The van der Waals surface area contributed by atoms with Crippen molar-refractivity contribution >= 4 is 6.08 Å². The van der Waals surface area contributed by atoms with Crippen LogP contribution in [-0.2, 0) is 0 Å². The molecular formula is C11H14O. The van der Waals surface area contributed by atoms with E-state index in [1.165, 1.54) is 0 Å². The van der Waals surface area contributed by atoms with Crippen molar-refractivity contribution in [2.45, 2.75) is 0 Å². The molecule has 0 saturated heterocycles. The number of hydrogen-bond acceptors (Lipinski definition) is 1. The van der Waals surface area contributed by atoms with E-state index in [2.05, 4.69) is 19.7 Å². The van der Waals surface area contributed by atoms with Crippen molar-refractivity contribution in [3.8, 4) is 5.75 Å². The summed E-state index contributed by atoms with van der Waals surface area (Å²) in [6.45, 7) is 9.65. The normalized spacial score (nSPS) is 7.75. The zero-order chi connectivity index (χ0) is 9.40. The molecule has 0 aliphatic rings. The third kappa shape index (κ3) is 3.06. The standard InChI is InChI=1S/C9H10O.C2H4/c1-3-8-4-6-9(10-2)7-5-8;1-2/h3-7H,1H2,2H3;1-2H2. The Morgan fingerprint density at radius 1 is 1.17 bits per heavy atom. The average Bonchev–Trinajstić information content (AvgIpc) is 2.21. The fraction of sp³-hybridized carbons (Fsp3) is 0.0909. The molecule has 1 heteroatoms. The SMILES string of the molecule is C=C.C=Cc1ccc(OC)cc1. The summed E-state index contributed by atoms with van der Waals surface area (Å²) in [5, 5.41) is 0. The maximum Gasteiger partial charge on any atom is 0.118 e. The summed E-state index contributed by atoms with van der Waals surface area (Å²) in [4.78, 5) is 0. The van der Waals surface area contributed by atoms with Crippen molar-refractivity contribution in [1.29, 1.82) is 0 Å². The largest absolute Gasteiger partial charge is 0.497 e. The van der Waals surface area contributed by atoms with Crippen LogP contribution < -0.4 is 4.74 Å². The topological polar surface area (TPSA) is 9.23 Å². The Labute approximate surface area is 74.0 Å². The number of benzene rings is 1. The molecule has 0 radical (unpaired) electrons. The van der Waals surface area contributed by atoms with E-state index in [-0.39, 0.29) is 0 Å². The third-order valence-corrected chi connectivity index (χ3v) is 1.35. The van der Waals surface area contributed by atoms with Crippen LogP contribution in [0.3, 0.4) is 0 Å². The molecule has 1 aromatic rings. The number of methoxy groups -OCH3 is 1.